The minimum absolute atomic E-state index is 0.920. The van der Waals surface area contributed by atoms with Gasteiger partial charge in [-0.25, -0.2) is 0 Å². The normalized spacial score (nSPS) is 14.7. The molecule has 222 valence electrons. The van der Waals surface area contributed by atoms with Crippen molar-refractivity contribution >= 4 is 88.6 Å². The first-order valence-electron chi connectivity index (χ1n) is 16.0. The monoisotopic (exact) mass is 644 g/mol. The molecule has 3 aliphatic heterocycles. The Bertz CT molecular complexity index is 2240. The van der Waals surface area contributed by atoms with Crippen molar-refractivity contribution in [1.82, 2.24) is 0 Å². The summed E-state index contributed by atoms with van der Waals surface area (Å²) in [6.07, 6.45) is 0. The first-order chi connectivity index (χ1) is 22.4. The van der Waals surface area contributed by atoms with E-state index in [1.165, 1.54) is 75.0 Å². The first-order valence-corrected chi connectivity index (χ1v) is 20.6. The number of nitrogens with one attached hydrogen (secondary N) is 1. The van der Waals surface area contributed by atoms with Crippen LogP contribution < -0.4 is 31.5 Å². The smallest absolute Gasteiger partial charge is 0.198 e. The summed E-state index contributed by atoms with van der Waals surface area (Å²) < 4.78 is 0. The Morgan fingerprint density at radius 2 is 1.30 bits per heavy atom. The van der Waals surface area contributed by atoms with Gasteiger partial charge in [-0.15, -0.1) is 0 Å². The van der Waals surface area contributed by atoms with Crippen LogP contribution in [0.3, 0.4) is 0 Å². The number of anilines is 5. The summed E-state index contributed by atoms with van der Waals surface area (Å²) in [7, 11) is -0.940. The second kappa shape index (κ2) is 10.5. The zero-order valence-electron chi connectivity index (χ0n) is 26.4. The molecular weight excluding hydrogens is 611 g/mol. The van der Waals surface area contributed by atoms with Crippen LogP contribution in [0.15, 0.2) is 135 Å². The highest BCUT2D eigenvalue weighted by Crippen LogP contribution is 2.52. The zero-order chi connectivity index (χ0) is 31.2. The van der Waals surface area contributed by atoms with Gasteiger partial charge in [-0.2, -0.15) is 0 Å². The van der Waals surface area contributed by atoms with Crippen molar-refractivity contribution in [1.29, 1.82) is 0 Å². The molecule has 0 amide bonds. The van der Waals surface area contributed by atoms with Gasteiger partial charge in [0.15, 0.2) is 7.28 Å². The lowest BCUT2D eigenvalue weighted by atomic mass is 9.58. The van der Waals surface area contributed by atoms with Crippen molar-refractivity contribution in [2.24, 2.45) is 0 Å². The van der Waals surface area contributed by atoms with Crippen LogP contribution in [-0.4, -0.2) is 15.4 Å². The topological polar surface area (TPSA) is 15.3 Å². The molecule has 0 bridgehead atoms. The molecule has 0 spiro atoms. The highest BCUT2D eigenvalue weighted by atomic mass is 32.2. The second-order valence-electron chi connectivity index (χ2n) is 13.2. The molecule has 6 aromatic rings. The maximum atomic E-state index is 3.90. The summed E-state index contributed by atoms with van der Waals surface area (Å²) >= 11 is 3.77. The van der Waals surface area contributed by atoms with Gasteiger partial charge in [0.2, 0.25) is 0 Å². The largest absolute Gasteiger partial charge is 0.355 e. The van der Waals surface area contributed by atoms with Crippen molar-refractivity contribution in [3.8, 4) is 11.1 Å². The lowest BCUT2D eigenvalue weighted by Gasteiger charge is -2.45. The lowest BCUT2D eigenvalue weighted by Crippen LogP contribution is -2.62. The molecule has 6 aromatic carbocycles. The molecule has 6 heteroatoms. The van der Waals surface area contributed by atoms with E-state index >= 15 is 0 Å². The number of rotatable bonds is 3. The average molecular weight is 645 g/mol. The molecule has 3 aliphatic rings. The molecule has 9 rings (SSSR count). The predicted molar refractivity (Wildman–Crippen MR) is 204 cm³/mol. The highest BCUT2D eigenvalue weighted by molar-refractivity contribution is 8.05. The predicted octanol–water partition coefficient (Wildman–Crippen LogP) is 8.64. The Kier molecular flexibility index (Phi) is 6.40. The van der Waals surface area contributed by atoms with Gasteiger partial charge < -0.3 is 10.2 Å². The molecule has 0 radical (unpaired) electrons. The Balaban J connectivity index is 1.29. The van der Waals surface area contributed by atoms with Crippen LogP contribution in [0.25, 0.3) is 11.1 Å². The van der Waals surface area contributed by atoms with Crippen LogP contribution in [0.4, 0.5) is 28.4 Å². The van der Waals surface area contributed by atoms with Crippen molar-refractivity contribution in [2.75, 3.05) is 10.2 Å². The first kappa shape index (κ1) is 28.2. The number of nitrogens with zero attached hydrogens (tertiary/aromatic N) is 1. The third-order valence-electron chi connectivity index (χ3n) is 9.89. The van der Waals surface area contributed by atoms with Gasteiger partial charge in [-0.3, -0.25) is 0 Å². The van der Waals surface area contributed by atoms with E-state index in [1.807, 2.05) is 23.5 Å². The Morgan fingerprint density at radius 1 is 0.609 bits per heavy atom. The molecule has 0 saturated carbocycles. The van der Waals surface area contributed by atoms with Crippen molar-refractivity contribution in [3.05, 3.63) is 126 Å². The van der Waals surface area contributed by atoms with E-state index in [4.69, 9.17) is 0 Å². The van der Waals surface area contributed by atoms with Crippen molar-refractivity contribution < 1.29 is 0 Å². The number of hydrogen-bond acceptors (Lipinski definition) is 4. The van der Waals surface area contributed by atoms with Gasteiger partial charge in [-0.05, 0) is 88.8 Å². The van der Waals surface area contributed by atoms with Gasteiger partial charge in [0.1, 0.15) is 8.07 Å². The number of hydrogen-bond donors (Lipinski definition) is 1. The number of para-hydroxylation sites is 3. The van der Waals surface area contributed by atoms with Crippen LogP contribution in [-0.2, 0) is 0 Å². The van der Waals surface area contributed by atoms with Gasteiger partial charge in [0, 0.05) is 53.6 Å². The maximum Gasteiger partial charge on any atom is 0.198 e. The van der Waals surface area contributed by atoms with Crippen LogP contribution in [0.5, 0.6) is 0 Å². The second-order valence-corrected chi connectivity index (χ2v) is 19.7. The third kappa shape index (κ3) is 4.27. The molecule has 0 atom stereocenters. The fraction of sp³-hybridized carbons (Fsp3) is 0.100. The molecule has 0 fully saturated rings. The third-order valence-corrected chi connectivity index (χ3v) is 15.9. The summed E-state index contributed by atoms with van der Waals surface area (Å²) in [6.45, 7) is 9.47. The zero-order valence-corrected chi connectivity index (χ0v) is 29.1. The van der Waals surface area contributed by atoms with E-state index in [0.717, 1.165) is 18.7 Å². The molecule has 2 nitrogen and oxygen atoms in total. The Labute approximate surface area is 281 Å². The fourth-order valence-electron chi connectivity index (χ4n) is 7.59. The van der Waals surface area contributed by atoms with E-state index in [9.17, 15) is 0 Å². The summed E-state index contributed by atoms with van der Waals surface area (Å²) in [5.41, 5.74) is 14.3. The average Bonchev–Trinajstić information content (AvgIpc) is 3.06. The summed E-state index contributed by atoms with van der Waals surface area (Å²) in [6, 6.07) is 43.3. The molecule has 46 heavy (non-hydrogen) atoms. The van der Waals surface area contributed by atoms with E-state index in [0.29, 0.717) is 0 Å². The minimum Gasteiger partial charge on any atom is -0.355 e. The van der Waals surface area contributed by atoms with Gasteiger partial charge >= 0.3 is 0 Å². The molecule has 0 aromatic heterocycles. The Hall–Kier alpha value is -4.10. The summed E-state index contributed by atoms with van der Waals surface area (Å²) in [5, 5.41) is 6.95. The van der Waals surface area contributed by atoms with Gasteiger partial charge in [0.05, 0.1) is 0 Å². The standard InChI is InChI=1S/C40H33BN2S2Si/c1-24-20-27(39-32(21-24)43-31-15-7-10-18-37(31)46(3,4)38-19-11-13-28(41-39)40(38)43)26-22-35-36(45-34-17-9-8-16-33(34)44-35)23-30(26)42-29-14-6-5-12-25(29)2/h5-23,41-42H,1-4H3. The number of benzene rings is 6. The highest BCUT2D eigenvalue weighted by Gasteiger charge is 2.42. The molecule has 0 aliphatic carbocycles. The molecule has 3 heterocycles. The van der Waals surface area contributed by atoms with Crippen molar-refractivity contribution in [3.63, 3.8) is 0 Å². The maximum absolute atomic E-state index is 3.90. The molecular formula is C40H33BN2S2Si. The molecule has 1 N–H and O–H groups in total. The van der Waals surface area contributed by atoms with Gasteiger partial charge in [-0.1, -0.05) is 115 Å². The fourth-order valence-corrected chi connectivity index (χ4v) is 12.9. The van der Waals surface area contributed by atoms with Crippen LogP contribution >= 0.6 is 23.5 Å². The van der Waals surface area contributed by atoms with Crippen LogP contribution in [0.1, 0.15) is 11.1 Å². The number of aryl methyl sites for hydroxylation is 2. The quantitative estimate of drug-likeness (QED) is 0.194. The van der Waals surface area contributed by atoms with E-state index in [1.54, 1.807) is 5.19 Å². The van der Waals surface area contributed by atoms with Gasteiger partial charge in [0.25, 0.3) is 0 Å². The SMILES string of the molecule is Cc1cc(-c2cc3c(cc2Nc2ccccc2C)Sc2ccccc2S3)c2c(c1)N1c3ccccc3[Si](C)(C)c3cccc(c31)B2. The summed E-state index contributed by atoms with van der Waals surface area (Å²) in [4.78, 5) is 7.87. The summed E-state index contributed by atoms with van der Waals surface area (Å²) in [5.74, 6) is 0. The van der Waals surface area contributed by atoms with Crippen molar-refractivity contribution in [2.45, 2.75) is 46.5 Å². The number of fused-ring (bicyclic) bond motifs is 6. The van der Waals surface area contributed by atoms with Crippen LogP contribution in [0, 0.1) is 13.8 Å². The van der Waals surface area contributed by atoms with E-state index < -0.39 is 8.07 Å². The van der Waals surface area contributed by atoms with Crippen LogP contribution in [0.2, 0.25) is 13.1 Å². The Morgan fingerprint density at radius 3 is 2.11 bits per heavy atom. The van der Waals surface area contributed by atoms with E-state index in [2.05, 4.69) is 152 Å². The van der Waals surface area contributed by atoms with E-state index in [-0.39, 0.29) is 0 Å². The minimum atomic E-state index is -1.86. The molecule has 0 saturated heterocycles. The lowest BCUT2D eigenvalue weighted by molar-refractivity contribution is 1.16. The molecule has 0 unspecified atom stereocenters.